The Balaban J connectivity index is 1.86. The highest BCUT2D eigenvalue weighted by atomic mass is 32.2. The third-order valence-corrected chi connectivity index (χ3v) is 8.07. The molecule has 0 fully saturated rings. The minimum Gasteiger partial charge on any atom is -0.321 e. The molecule has 1 N–H and O–H groups in total. The number of imidazole rings is 1. The van der Waals surface area contributed by atoms with Crippen LogP contribution in [0.3, 0.4) is 0 Å². The zero-order valence-corrected chi connectivity index (χ0v) is 21.5. The summed E-state index contributed by atoms with van der Waals surface area (Å²) in [5.41, 5.74) is 3.14. The largest absolute Gasteiger partial charge is 0.328 e. The van der Waals surface area contributed by atoms with Gasteiger partial charge in [-0.2, -0.15) is 0 Å². The summed E-state index contributed by atoms with van der Waals surface area (Å²) < 4.78 is 30.1. The van der Waals surface area contributed by atoms with E-state index in [2.05, 4.69) is 26.1 Å². The van der Waals surface area contributed by atoms with E-state index in [1.807, 2.05) is 19.1 Å². The second kappa shape index (κ2) is 8.53. The molecule has 3 aromatic carbocycles. The molecule has 4 aromatic rings. The predicted octanol–water partition coefficient (Wildman–Crippen LogP) is 4.57. The van der Waals surface area contributed by atoms with Gasteiger partial charge < -0.3 is 5.32 Å². The van der Waals surface area contributed by atoms with Crippen LogP contribution in [0.5, 0.6) is 0 Å². The van der Waals surface area contributed by atoms with Crippen molar-refractivity contribution in [3.05, 3.63) is 87.8 Å². The Labute approximate surface area is 204 Å². The third-order valence-electron chi connectivity index (χ3n) is 6.26. The molecule has 0 bridgehead atoms. The number of carbonyl (C=O) groups excluding carboxylic acids is 1. The summed E-state index contributed by atoms with van der Waals surface area (Å²) in [5, 5.41) is 2.78. The van der Waals surface area contributed by atoms with Gasteiger partial charge in [0.05, 0.1) is 26.5 Å². The first kappa shape index (κ1) is 24.5. The van der Waals surface area contributed by atoms with Gasteiger partial charge in [-0.1, -0.05) is 50.6 Å². The van der Waals surface area contributed by atoms with Crippen LogP contribution < -0.4 is 11.0 Å². The number of rotatable bonds is 4. The van der Waals surface area contributed by atoms with E-state index < -0.39 is 15.7 Å². The number of aromatic nitrogens is 2. The Kier molecular flexibility index (Phi) is 5.97. The fourth-order valence-corrected chi connectivity index (χ4v) is 5.42. The lowest BCUT2D eigenvalue weighted by Gasteiger charge is -2.19. The smallest absolute Gasteiger partial charge is 0.321 e. The molecule has 1 heterocycles. The summed E-state index contributed by atoms with van der Waals surface area (Å²) in [4.78, 5) is 25.7. The van der Waals surface area contributed by atoms with Gasteiger partial charge in [0.1, 0.15) is 0 Å². The van der Waals surface area contributed by atoms with Gasteiger partial charge >= 0.3 is 5.69 Å². The Hall–Kier alpha value is -3.65. The quantitative estimate of drug-likeness (QED) is 0.453. The first-order valence-electron chi connectivity index (χ1n) is 11.2. The highest BCUT2D eigenvalue weighted by Crippen LogP contribution is 2.32. The lowest BCUT2D eigenvalue weighted by atomic mass is 9.87. The SMILES string of the molecule is Cc1ccc(S(=O)(=O)c2cc3c(cc2NC(=O)c2ccc(C(C)(C)C)cc2)n(C)c(=O)n3C)cc1. The number of nitrogens with zero attached hydrogens (tertiary/aromatic N) is 2. The second-order valence-electron chi connectivity index (χ2n) is 9.84. The molecule has 0 spiro atoms. The average Bonchev–Trinajstić information content (AvgIpc) is 3.01. The molecule has 35 heavy (non-hydrogen) atoms. The first-order chi connectivity index (χ1) is 16.3. The van der Waals surface area contributed by atoms with Gasteiger partial charge in [-0.25, -0.2) is 13.2 Å². The summed E-state index contributed by atoms with van der Waals surface area (Å²) in [6.45, 7) is 8.13. The van der Waals surface area contributed by atoms with Crippen LogP contribution in [-0.4, -0.2) is 23.5 Å². The van der Waals surface area contributed by atoms with Crippen molar-refractivity contribution in [2.24, 2.45) is 14.1 Å². The number of benzene rings is 3. The third kappa shape index (κ3) is 4.41. The fourth-order valence-electron chi connectivity index (χ4n) is 4.01. The first-order valence-corrected chi connectivity index (χ1v) is 12.7. The summed E-state index contributed by atoms with van der Waals surface area (Å²) in [7, 11) is -0.799. The molecule has 4 rings (SSSR count). The fraction of sp³-hybridized carbons (Fsp3) is 0.259. The molecule has 0 aliphatic rings. The summed E-state index contributed by atoms with van der Waals surface area (Å²) in [5.74, 6) is -0.439. The Morgan fingerprint density at radius 3 is 1.94 bits per heavy atom. The molecule has 0 aliphatic heterocycles. The van der Waals surface area contributed by atoms with E-state index in [1.54, 1.807) is 44.4 Å². The van der Waals surface area contributed by atoms with Crippen molar-refractivity contribution >= 4 is 32.5 Å². The minimum absolute atomic E-state index is 0.0621. The number of nitrogens with one attached hydrogen (secondary N) is 1. The van der Waals surface area contributed by atoms with E-state index in [1.165, 1.54) is 27.3 Å². The molecule has 1 amide bonds. The van der Waals surface area contributed by atoms with Gasteiger partial charge in [0, 0.05) is 19.7 Å². The zero-order valence-electron chi connectivity index (χ0n) is 20.7. The van der Waals surface area contributed by atoms with Gasteiger partial charge in [-0.05, 0) is 54.3 Å². The Bertz CT molecular complexity index is 1600. The molecular formula is C27H29N3O4S. The van der Waals surface area contributed by atoms with Gasteiger partial charge in [0.2, 0.25) is 9.84 Å². The number of carbonyl (C=O) groups is 1. The van der Waals surface area contributed by atoms with E-state index >= 15 is 0 Å². The maximum atomic E-state index is 13.6. The van der Waals surface area contributed by atoms with Crippen LogP contribution in [0.4, 0.5) is 5.69 Å². The van der Waals surface area contributed by atoms with Crippen molar-refractivity contribution in [1.29, 1.82) is 0 Å². The highest BCUT2D eigenvalue weighted by Gasteiger charge is 2.25. The standard InChI is InChI=1S/C27H29N3O4S/c1-17-7-13-20(14-8-17)35(33,34)24-16-23-22(29(5)26(32)30(23)6)15-21(24)28-25(31)18-9-11-19(12-10-18)27(2,3)4/h7-16H,1-6H3,(H,28,31). The van der Waals surface area contributed by atoms with Gasteiger partial charge in [-0.3, -0.25) is 13.9 Å². The van der Waals surface area contributed by atoms with E-state index in [9.17, 15) is 18.0 Å². The van der Waals surface area contributed by atoms with E-state index in [-0.39, 0.29) is 26.6 Å². The van der Waals surface area contributed by atoms with Crippen molar-refractivity contribution in [3.63, 3.8) is 0 Å². The van der Waals surface area contributed by atoms with Crippen LogP contribution in [0.15, 0.2) is 75.2 Å². The van der Waals surface area contributed by atoms with Gasteiger partial charge in [0.25, 0.3) is 5.91 Å². The highest BCUT2D eigenvalue weighted by molar-refractivity contribution is 7.91. The van der Waals surface area contributed by atoms with Crippen LogP contribution in [0, 0.1) is 6.92 Å². The number of aryl methyl sites for hydroxylation is 3. The average molecular weight is 492 g/mol. The summed E-state index contributed by atoms with van der Waals surface area (Å²) >= 11 is 0. The molecule has 0 aliphatic carbocycles. The van der Waals surface area contributed by atoms with E-state index in [0.29, 0.717) is 16.6 Å². The monoisotopic (exact) mass is 491 g/mol. The van der Waals surface area contributed by atoms with Crippen molar-refractivity contribution < 1.29 is 13.2 Å². The zero-order chi connectivity index (χ0) is 25.7. The normalized spacial score (nSPS) is 12.2. The maximum Gasteiger partial charge on any atom is 0.328 e. The lowest BCUT2D eigenvalue weighted by molar-refractivity contribution is 0.102. The van der Waals surface area contributed by atoms with Gasteiger partial charge in [0.15, 0.2) is 0 Å². The molecule has 1 aromatic heterocycles. The molecule has 7 nitrogen and oxygen atoms in total. The molecule has 0 atom stereocenters. The lowest BCUT2D eigenvalue weighted by Crippen LogP contribution is -2.19. The van der Waals surface area contributed by atoms with Crippen LogP contribution in [0.2, 0.25) is 0 Å². The number of anilines is 1. The van der Waals surface area contributed by atoms with E-state index in [4.69, 9.17) is 0 Å². The summed E-state index contributed by atoms with van der Waals surface area (Å²) in [6.07, 6.45) is 0. The maximum absolute atomic E-state index is 13.6. The molecule has 182 valence electrons. The molecule has 8 heteroatoms. The predicted molar refractivity (Wildman–Crippen MR) is 138 cm³/mol. The number of sulfone groups is 1. The van der Waals surface area contributed by atoms with Crippen LogP contribution in [0.25, 0.3) is 11.0 Å². The molecule has 0 saturated heterocycles. The Morgan fingerprint density at radius 2 is 1.40 bits per heavy atom. The molecule has 0 radical (unpaired) electrons. The van der Waals surface area contributed by atoms with Crippen molar-refractivity contribution in [2.75, 3.05) is 5.32 Å². The summed E-state index contributed by atoms with van der Waals surface area (Å²) in [6, 6.07) is 16.7. The number of hydrogen-bond acceptors (Lipinski definition) is 4. The number of hydrogen-bond donors (Lipinski definition) is 1. The molecule has 0 saturated carbocycles. The Morgan fingerprint density at radius 1 is 0.857 bits per heavy atom. The van der Waals surface area contributed by atoms with Crippen LogP contribution in [-0.2, 0) is 29.3 Å². The van der Waals surface area contributed by atoms with Crippen molar-refractivity contribution in [3.8, 4) is 0 Å². The molecule has 0 unspecified atom stereocenters. The number of amides is 1. The second-order valence-corrected chi connectivity index (χ2v) is 11.8. The van der Waals surface area contributed by atoms with Crippen molar-refractivity contribution in [2.45, 2.75) is 42.9 Å². The number of fused-ring (bicyclic) bond motifs is 1. The van der Waals surface area contributed by atoms with Crippen LogP contribution in [0.1, 0.15) is 42.3 Å². The van der Waals surface area contributed by atoms with Gasteiger partial charge in [-0.15, -0.1) is 0 Å². The minimum atomic E-state index is -3.99. The molecular weight excluding hydrogens is 462 g/mol. The van der Waals surface area contributed by atoms with E-state index in [0.717, 1.165) is 11.1 Å². The topological polar surface area (TPSA) is 90.2 Å². The van der Waals surface area contributed by atoms with Crippen LogP contribution >= 0.6 is 0 Å². The van der Waals surface area contributed by atoms with Crippen molar-refractivity contribution in [1.82, 2.24) is 9.13 Å².